The number of anilines is 2. The van der Waals surface area contributed by atoms with E-state index in [1.54, 1.807) is 12.1 Å². The molecule has 2 heterocycles. The van der Waals surface area contributed by atoms with Gasteiger partial charge in [-0.15, -0.1) is 0 Å². The molecule has 0 unspecified atom stereocenters. The van der Waals surface area contributed by atoms with E-state index in [0.29, 0.717) is 11.3 Å². The lowest BCUT2D eigenvalue weighted by molar-refractivity contribution is 0.102. The number of nitrogens with one attached hydrogen (secondary N) is 2. The average molecular weight is 440 g/mol. The molecule has 1 aliphatic heterocycles. The van der Waals surface area contributed by atoms with Gasteiger partial charge in [0.15, 0.2) is 0 Å². The number of amides is 1. The Bertz CT molecular complexity index is 1150. The summed E-state index contributed by atoms with van der Waals surface area (Å²) in [4.78, 5) is 15.1. The highest BCUT2D eigenvalue weighted by Crippen LogP contribution is 2.26. The molecule has 0 atom stereocenters. The Morgan fingerprint density at radius 3 is 2.45 bits per heavy atom. The lowest BCUT2D eigenvalue weighted by Crippen LogP contribution is -2.23. The highest BCUT2D eigenvalue weighted by Gasteiger charge is 2.17. The molecule has 31 heavy (non-hydrogen) atoms. The van der Waals surface area contributed by atoms with Gasteiger partial charge in [0.2, 0.25) is 10.0 Å². The Hall–Kier alpha value is -3.10. The molecule has 2 aromatic carbocycles. The third kappa shape index (κ3) is 4.98. The lowest BCUT2D eigenvalue weighted by Gasteiger charge is -2.19. The number of hydrogen-bond donors (Lipinski definition) is 2. The Labute approximate surface area is 182 Å². The van der Waals surface area contributed by atoms with E-state index in [0.717, 1.165) is 24.3 Å². The largest absolute Gasteiger partial charge is 0.468 e. The van der Waals surface area contributed by atoms with E-state index < -0.39 is 10.0 Å². The smallest absolute Gasteiger partial charge is 0.255 e. The minimum absolute atomic E-state index is 0.0598. The van der Waals surface area contributed by atoms with Gasteiger partial charge >= 0.3 is 0 Å². The molecular formula is C23H25N3O4S. The summed E-state index contributed by atoms with van der Waals surface area (Å²) in [6, 6.07) is 15.3. The number of nitrogens with zero attached hydrogens (tertiary/aromatic N) is 1. The van der Waals surface area contributed by atoms with Crippen molar-refractivity contribution in [1.29, 1.82) is 0 Å². The van der Waals surface area contributed by atoms with Crippen LogP contribution in [0.25, 0.3) is 0 Å². The first-order valence-corrected chi connectivity index (χ1v) is 11.7. The SMILES string of the molecule is Cc1cc(N2CCCC2)ccc1NC(=O)c1ccc(S(=O)(=O)NCc2ccco2)cc1. The van der Waals surface area contributed by atoms with E-state index in [1.165, 1.54) is 49.1 Å². The van der Waals surface area contributed by atoms with Crippen LogP contribution in [0.5, 0.6) is 0 Å². The summed E-state index contributed by atoms with van der Waals surface area (Å²) >= 11 is 0. The van der Waals surface area contributed by atoms with Crippen molar-refractivity contribution in [3.63, 3.8) is 0 Å². The molecule has 7 nitrogen and oxygen atoms in total. The Kier molecular flexibility index (Phi) is 6.11. The van der Waals surface area contributed by atoms with Crippen LogP contribution >= 0.6 is 0 Å². The van der Waals surface area contributed by atoms with Gasteiger partial charge in [0.1, 0.15) is 5.76 Å². The Balaban J connectivity index is 1.41. The highest BCUT2D eigenvalue weighted by molar-refractivity contribution is 7.89. The molecule has 0 radical (unpaired) electrons. The van der Waals surface area contributed by atoms with Crippen molar-refractivity contribution >= 4 is 27.3 Å². The number of rotatable bonds is 7. The summed E-state index contributed by atoms with van der Waals surface area (Å²) in [6.07, 6.45) is 3.90. The Morgan fingerprint density at radius 2 is 1.81 bits per heavy atom. The molecular weight excluding hydrogens is 414 g/mol. The molecule has 0 saturated carbocycles. The Morgan fingerprint density at radius 1 is 1.06 bits per heavy atom. The third-order valence-corrected chi connectivity index (χ3v) is 6.79. The predicted octanol–water partition coefficient (Wildman–Crippen LogP) is 3.92. The molecule has 1 saturated heterocycles. The average Bonchev–Trinajstić information content (AvgIpc) is 3.48. The fourth-order valence-corrected chi connectivity index (χ4v) is 4.60. The van der Waals surface area contributed by atoms with Crippen molar-refractivity contribution in [3.8, 4) is 0 Å². The minimum Gasteiger partial charge on any atom is -0.468 e. The topological polar surface area (TPSA) is 91.7 Å². The standard InChI is InChI=1S/C23H25N3O4S/c1-17-15-19(26-12-2-3-13-26)8-11-22(17)25-23(27)18-6-9-21(10-7-18)31(28,29)24-16-20-5-4-14-30-20/h4-11,14-15,24H,2-3,12-13,16H2,1H3,(H,25,27). The number of benzene rings is 2. The maximum Gasteiger partial charge on any atom is 0.255 e. The van der Waals surface area contributed by atoms with Gasteiger partial charge in [-0.1, -0.05) is 0 Å². The summed E-state index contributed by atoms with van der Waals surface area (Å²) in [7, 11) is -3.70. The van der Waals surface area contributed by atoms with E-state index in [4.69, 9.17) is 4.42 Å². The van der Waals surface area contributed by atoms with E-state index in [-0.39, 0.29) is 17.3 Å². The second kappa shape index (κ2) is 8.95. The van der Waals surface area contributed by atoms with Crippen LogP contribution in [0.1, 0.15) is 34.5 Å². The number of carbonyl (C=O) groups excluding carboxylic acids is 1. The first kappa shape index (κ1) is 21.1. The van der Waals surface area contributed by atoms with Gasteiger partial charge in [-0.2, -0.15) is 0 Å². The molecule has 1 fully saturated rings. The second-order valence-corrected chi connectivity index (χ2v) is 9.34. The number of aryl methyl sites for hydroxylation is 1. The zero-order chi connectivity index (χ0) is 21.8. The number of carbonyl (C=O) groups is 1. The summed E-state index contributed by atoms with van der Waals surface area (Å²) in [5.41, 5.74) is 3.28. The van der Waals surface area contributed by atoms with Gasteiger partial charge in [-0.25, -0.2) is 13.1 Å². The number of sulfonamides is 1. The van der Waals surface area contributed by atoms with Crippen LogP contribution in [-0.4, -0.2) is 27.4 Å². The summed E-state index contributed by atoms with van der Waals surface area (Å²) in [6.45, 7) is 4.16. The van der Waals surface area contributed by atoms with Crippen LogP contribution in [0.4, 0.5) is 11.4 Å². The van der Waals surface area contributed by atoms with Crippen LogP contribution in [0.3, 0.4) is 0 Å². The van der Waals surface area contributed by atoms with Gasteiger partial charge in [-0.3, -0.25) is 4.79 Å². The zero-order valence-corrected chi connectivity index (χ0v) is 18.1. The predicted molar refractivity (Wildman–Crippen MR) is 120 cm³/mol. The molecule has 1 aliphatic rings. The molecule has 1 aromatic heterocycles. The van der Waals surface area contributed by atoms with Crippen LogP contribution < -0.4 is 14.9 Å². The van der Waals surface area contributed by atoms with Crippen LogP contribution in [0, 0.1) is 6.92 Å². The van der Waals surface area contributed by atoms with E-state index in [2.05, 4.69) is 21.0 Å². The van der Waals surface area contributed by atoms with Crippen molar-refractivity contribution < 1.29 is 17.6 Å². The molecule has 162 valence electrons. The molecule has 0 aliphatic carbocycles. The molecule has 4 rings (SSSR count). The second-order valence-electron chi connectivity index (χ2n) is 7.58. The zero-order valence-electron chi connectivity index (χ0n) is 17.3. The summed E-state index contributed by atoms with van der Waals surface area (Å²) < 4.78 is 32.5. The summed E-state index contributed by atoms with van der Waals surface area (Å²) in [5.74, 6) is 0.232. The molecule has 2 N–H and O–H groups in total. The van der Waals surface area contributed by atoms with E-state index in [1.807, 2.05) is 19.1 Å². The van der Waals surface area contributed by atoms with Gasteiger partial charge in [-0.05, 0) is 79.9 Å². The fraction of sp³-hybridized carbons (Fsp3) is 0.261. The molecule has 0 spiro atoms. The first-order valence-electron chi connectivity index (χ1n) is 10.2. The first-order chi connectivity index (χ1) is 14.9. The maximum absolute atomic E-state index is 12.7. The van der Waals surface area contributed by atoms with Gasteiger partial charge < -0.3 is 14.6 Å². The van der Waals surface area contributed by atoms with E-state index >= 15 is 0 Å². The molecule has 0 bridgehead atoms. The molecule has 3 aromatic rings. The van der Waals surface area contributed by atoms with Crippen LogP contribution in [0.2, 0.25) is 0 Å². The van der Waals surface area contributed by atoms with Crippen LogP contribution in [0.15, 0.2) is 70.2 Å². The fourth-order valence-electron chi connectivity index (χ4n) is 3.60. The maximum atomic E-state index is 12.7. The quantitative estimate of drug-likeness (QED) is 0.582. The van der Waals surface area contributed by atoms with Crippen molar-refractivity contribution in [2.24, 2.45) is 0 Å². The number of furan rings is 1. The van der Waals surface area contributed by atoms with Crippen molar-refractivity contribution in [2.45, 2.75) is 31.2 Å². The summed E-state index contributed by atoms with van der Waals surface area (Å²) in [5, 5.41) is 2.91. The molecule has 8 heteroatoms. The highest BCUT2D eigenvalue weighted by atomic mass is 32.2. The lowest BCUT2D eigenvalue weighted by atomic mass is 10.1. The van der Waals surface area contributed by atoms with Crippen molar-refractivity contribution in [2.75, 3.05) is 23.3 Å². The normalized spacial score (nSPS) is 14.0. The van der Waals surface area contributed by atoms with Gasteiger partial charge in [0, 0.05) is 30.0 Å². The van der Waals surface area contributed by atoms with Crippen LogP contribution in [-0.2, 0) is 16.6 Å². The van der Waals surface area contributed by atoms with E-state index in [9.17, 15) is 13.2 Å². The monoisotopic (exact) mass is 439 g/mol. The molecule has 1 amide bonds. The van der Waals surface area contributed by atoms with Gasteiger partial charge in [0.05, 0.1) is 17.7 Å². The minimum atomic E-state index is -3.70. The van der Waals surface area contributed by atoms with Crippen molar-refractivity contribution in [1.82, 2.24) is 4.72 Å². The third-order valence-electron chi connectivity index (χ3n) is 5.37. The van der Waals surface area contributed by atoms with Crippen molar-refractivity contribution in [3.05, 3.63) is 77.7 Å². The number of hydrogen-bond acceptors (Lipinski definition) is 5. The van der Waals surface area contributed by atoms with Gasteiger partial charge in [0.25, 0.3) is 5.91 Å².